The number of rotatable bonds is 5. The number of pyridine rings is 1. The Bertz CT molecular complexity index is 611. The molecule has 7 heteroatoms. The van der Waals surface area contributed by atoms with E-state index in [-0.39, 0.29) is 36.8 Å². The number of carbonyl (C=O) groups excluding carboxylic acids is 1. The van der Waals surface area contributed by atoms with Crippen molar-refractivity contribution in [3.8, 4) is 11.5 Å². The number of benzene rings is 1. The molecule has 0 saturated heterocycles. The molecule has 1 amide bonds. The molecule has 0 fully saturated rings. The first-order valence-corrected chi connectivity index (χ1v) is 6.78. The van der Waals surface area contributed by atoms with Gasteiger partial charge in [-0.2, -0.15) is 0 Å². The van der Waals surface area contributed by atoms with Crippen molar-refractivity contribution in [1.29, 1.82) is 0 Å². The van der Waals surface area contributed by atoms with Crippen molar-refractivity contribution in [3.05, 3.63) is 54.4 Å². The summed E-state index contributed by atoms with van der Waals surface area (Å²) in [6, 6.07) is 12.7. The third-order valence-corrected chi connectivity index (χ3v) is 3.25. The summed E-state index contributed by atoms with van der Waals surface area (Å²) in [7, 11) is 1.71. The highest BCUT2D eigenvalue weighted by molar-refractivity contribution is 5.92. The maximum Gasteiger partial charge on any atom is 0.272 e. The minimum Gasteiger partial charge on any atom is -0.457 e. The van der Waals surface area contributed by atoms with Crippen LogP contribution in [0, 0.1) is 0 Å². The lowest BCUT2D eigenvalue weighted by Crippen LogP contribution is -2.40. The third kappa shape index (κ3) is 5.71. The van der Waals surface area contributed by atoms with Gasteiger partial charge in [-0.3, -0.25) is 9.78 Å². The fourth-order valence-corrected chi connectivity index (χ4v) is 1.76. The van der Waals surface area contributed by atoms with Crippen LogP contribution >= 0.6 is 24.8 Å². The second-order valence-electron chi connectivity index (χ2n) is 4.79. The molecule has 1 unspecified atom stereocenters. The molecule has 0 aliphatic carbocycles. The lowest BCUT2D eigenvalue weighted by molar-refractivity contribution is 0.0742. The number of amides is 1. The molecule has 0 saturated carbocycles. The van der Waals surface area contributed by atoms with Crippen molar-refractivity contribution in [1.82, 2.24) is 9.88 Å². The van der Waals surface area contributed by atoms with Crippen molar-refractivity contribution >= 4 is 30.7 Å². The molecule has 1 atom stereocenters. The number of hydrogen-bond donors (Lipinski definition) is 1. The number of nitrogens with zero attached hydrogens (tertiary/aromatic N) is 2. The van der Waals surface area contributed by atoms with E-state index >= 15 is 0 Å². The van der Waals surface area contributed by atoms with Crippen molar-refractivity contribution in [2.24, 2.45) is 5.73 Å². The van der Waals surface area contributed by atoms with Crippen molar-refractivity contribution < 1.29 is 9.53 Å². The topological polar surface area (TPSA) is 68.5 Å². The molecule has 0 aliphatic heterocycles. The maximum atomic E-state index is 12.3. The van der Waals surface area contributed by atoms with Crippen molar-refractivity contribution in [2.45, 2.75) is 13.0 Å². The van der Waals surface area contributed by atoms with Gasteiger partial charge in [0.05, 0.1) is 0 Å². The summed E-state index contributed by atoms with van der Waals surface area (Å²) in [5, 5.41) is 0. The molecular formula is C16H21Cl2N3O2. The molecule has 2 N–H and O–H groups in total. The molecule has 1 aromatic carbocycles. The van der Waals surface area contributed by atoms with Gasteiger partial charge in [-0.25, -0.2) is 0 Å². The van der Waals surface area contributed by atoms with E-state index in [0.29, 0.717) is 23.7 Å². The normalized spacial score (nSPS) is 10.7. The van der Waals surface area contributed by atoms with Gasteiger partial charge in [-0.05, 0) is 25.1 Å². The summed E-state index contributed by atoms with van der Waals surface area (Å²) >= 11 is 0. The minimum atomic E-state index is -0.175. The zero-order valence-electron chi connectivity index (χ0n) is 13.0. The van der Waals surface area contributed by atoms with Gasteiger partial charge in [0, 0.05) is 31.9 Å². The fraction of sp³-hybridized carbons (Fsp3) is 0.250. The van der Waals surface area contributed by atoms with E-state index in [1.165, 1.54) is 0 Å². The zero-order valence-corrected chi connectivity index (χ0v) is 14.6. The van der Waals surface area contributed by atoms with Gasteiger partial charge in [0.25, 0.3) is 5.91 Å². The van der Waals surface area contributed by atoms with Crippen LogP contribution in [0.15, 0.2) is 48.7 Å². The predicted octanol–water partition coefficient (Wildman–Crippen LogP) is 3.14. The van der Waals surface area contributed by atoms with Crippen molar-refractivity contribution in [2.75, 3.05) is 13.6 Å². The summed E-state index contributed by atoms with van der Waals surface area (Å²) in [4.78, 5) is 18.0. The summed E-state index contributed by atoms with van der Waals surface area (Å²) in [5.41, 5.74) is 5.92. The van der Waals surface area contributed by atoms with Gasteiger partial charge in [-0.15, -0.1) is 24.8 Å². The Hall–Kier alpha value is -1.82. The summed E-state index contributed by atoms with van der Waals surface area (Å²) < 4.78 is 5.70. The van der Waals surface area contributed by atoms with Crippen molar-refractivity contribution in [3.63, 3.8) is 0 Å². The van der Waals surface area contributed by atoms with E-state index in [0.717, 1.165) is 0 Å². The first-order chi connectivity index (χ1) is 10.1. The SMILES string of the molecule is CC(CN)N(C)C(=O)c1cc(Oc2ccccc2)ccn1.Cl.Cl. The summed E-state index contributed by atoms with van der Waals surface area (Å²) in [5.74, 6) is 1.12. The fourth-order valence-electron chi connectivity index (χ4n) is 1.76. The smallest absolute Gasteiger partial charge is 0.272 e. The van der Waals surface area contributed by atoms with Crippen LogP contribution in [0.2, 0.25) is 0 Å². The number of carbonyl (C=O) groups is 1. The Labute approximate surface area is 148 Å². The second-order valence-corrected chi connectivity index (χ2v) is 4.79. The maximum absolute atomic E-state index is 12.3. The largest absolute Gasteiger partial charge is 0.457 e. The van der Waals surface area contributed by atoms with Crippen LogP contribution in [0.25, 0.3) is 0 Å². The van der Waals surface area contributed by atoms with Crippen LogP contribution < -0.4 is 10.5 Å². The number of ether oxygens (including phenoxy) is 1. The average Bonchev–Trinajstić information content (AvgIpc) is 2.54. The highest BCUT2D eigenvalue weighted by Gasteiger charge is 2.18. The number of aromatic nitrogens is 1. The second kappa shape index (κ2) is 10.0. The molecule has 126 valence electrons. The van der Waals surface area contributed by atoms with Gasteiger partial charge in [-0.1, -0.05) is 18.2 Å². The molecule has 0 radical (unpaired) electrons. The monoisotopic (exact) mass is 357 g/mol. The zero-order chi connectivity index (χ0) is 15.2. The molecule has 0 bridgehead atoms. The van der Waals surface area contributed by atoms with E-state index < -0.39 is 0 Å². The van der Waals surface area contributed by atoms with Crippen LogP contribution in [-0.4, -0.2) is 35.4 Å². The Morgan fingerprint density at radius 2 is 1.87 bits per heavy atom. The Balaban J connectivity index is 0.00000242. The van der Waals surface area contributed by atoms with Crippen LogP contribution in [0.4, 0.5) is 0 Å². The number of halogens is 2. The summed E-state index contributed by atoms with van der Waals surface area (Å²) in [6.45, 7) is 2.30. The number of likely N-dealkylation sites (N-methyl/N-ethyl adjacent to an activating group) is 1. The molecule has 0 spiro atoms. The number of para-hydroxylation sites is 1. The van der Waals surface area contributed by atoms with E-state index in [9.17, 15) is 4.79 Å². The molecule has 5 nitrogen and oxygen atoms in total. The molecule has 0 aliphatic rings. The van der Waals surface area contributed by atoms with Gasteiger partial charge in [0.15, 0.2) is 0 Å². The van der Waals surface area contributed by atoms with Crippen LogP contribution in [0.5, 0.6) is 11.5 Å². The van der Waals surface area contributed by atoms with Gasteiger partial charge in [0.2, 0.25) is 0 Å². The van der Waals surface area contributed by atoms with E-state index in [2.05, 4.69) is 4.98 Å². The Morgan fingerprint density at radius 1 is 1.22 bits per heavy atom. The standard InChI is InChI=1S/C16H19N3O2.2ClH/c1-12(11-17)19(2)16(20)15-10-14(8-9-18-15)21-13-6-4-3-5-7-13;;/h3-10,12H,11,17H2,1-2H3;2*1H. The minimum absolute atomic E-state index is 0. The van der Waals surface area contributed by atoms with Crippen LogP contribution in [-0.2, 0) is 0 Å². The Morgan fingerprint density at radius 3 is 2.48 bits per heavy atom. The third-order valence-electron chi connectivity index (χ3n) is 3.25. The highest BCUT2D eigenvalue weighted by atomic mass is 35.5. The lowest BCUT2D eigenvalue weighted by Gasteiger charge is -2.23. The van der Waals surface area contributed by atoms with Crippen LogP contribution in [0.1, 0.15) is 17.4 Å². The molecular weight excluding hydrogens is 337 g/mol. The molecule has 1 heterocycles. The Kier molecular flexibility index (Phi) is 9.25. The number of nitrogens with two attached hydrogens (primary N) is 1. The molecule has 2 aromatic rings. The summed E-state index contributed by atoms with van der Waals surface area (Å²) in [6.07, 6.45) is 1.56. The van der Waals surface area contributed by atoms with E-state index in [4.69, 9.17) is 10.5 Å². The highest BCUT2D eigenvalue weighted by Crippen LogP contribution is 2.21. The molecule has 1 aromatic heterocycles. The van der Waals surface area contributed by atoms with Gasteiger partial charge < -0.3 is 15.4 Å². The van der Waals surface area contributed by atoms with Gasteiger partial charge >= 0.3 is 0 Å². The average molecular weight is 358 g/mol. The van der Waals surface area contributed by atoms with Crippen LogP contribution in [0.3, 0.4) is 0 Å². The lowest BCUT2D eigenvalue weighted by atomic mass is 10.2. The molecule has 2 rings (SSSR count). The van der Waals surface area contributed by atoms with E-state index in [1.807, 2.05) is 37.3 Å². The van der Waals surface area contributed by atoms with Gasteiger partial charge in [0.1, 0.15) is 17.2 Å². The molecule has 23 heavy (non-hydrogen) atoms. The first kappa shape index (κ1) is 21.2. The number of hydrogen-bond acceptors (Lipinski definition) is 4. The quantitative estimate of drug-likeness (QED) is 0.892. The first-order valence-electron chi connectivity index (χ1n) is 6.78. The van der Waals surface area contributed by atoms with E-state index in [1.54, 1.807) is 30.3 Å². The predicted molar refractivity (Wildman–Crippen MR) is 95.9 cm³/mol.